The van der Waals surface area contributed by atoms with Crippen molar-refractivity contribution in [3.63, 3.8) is 0 Å². The first-order valence-corrected chi connectivity index (χ1v) is 24.6. The van der Waals surface area contributed by atoms with Gasteiger partial charge in [0.05, 0.1) is 7.11 Å². The summed E-state index contributed by atoms with van der Waals surface area (Å²) in [5, 5.41) is 1.52. The topological polar surface area (TPSA) is 18.5 Å². The van der Waals surface area contributed by atoms with Crippen LogP contribution in [0.1, 0.15) is 167 Å². The van der Waals surface area contributed by atoms with Crippen LogP contribution in [0.5, 0.6) is 11.5 Å². The van der Waals surface area contributed by atoms with E-state index in [1.807, 2.05) is 7.11 Å². The predicted molar refractivity (Wildman–Crippen MR) is 221 cm³/mol. The summed E-state index contributed by atoms with van der Waals surface area (Å²) >= 11 is 5.35. The molecule has 0 radical (unpaired) electrons. The van der Waals surface area contributed by atoms with Crippen LogP contribution in [-0.4, -0.2) is 24.0 Å². The monoisotopic (exact) mass is 908 g/mol. The Morgan fingerprint density at radius 3 is 1.51 bits per heavy atom. The van der Waals surface area contributed by atoms with Crippen LogP contribution in [0.15, 0.2) is 48.5 Å². The number of halogens is 4. The summed E-state index contributed by atoms with van der Waals surface area (Å²) < 4.78 is 48.7. The zero-order valence-corrected chi connectivity index (χ0v) is 37.7. The molecular weight excluding hydrogens is 847 g/mol. The summed E-state index contributed by atoms with van der Waals surface area (Å²) in [7, 11) is 1.46. The molecule has 3 aromatic carbocycles. The summed E-state index contributed by atoms with van der Waals surface area (Å²) in [6.45, 7) is 20.8. The molecule has 2 saturated carbocycles. The number of methoxy groups -OCH3 is 1. The van der Waals surface area contributed by atoms with Crippen molar-refractivity contribution >= 4 is 26.7 Å². The molecule has 2 aliphatic rings. The van der Waals surface area contributed by atoms with Crippen molar-refractivity contribution in [1.29, 1.82) is 0 Å². The fraction of sp³-hybridized carbons (Fsp3) is 0.600. The second kappa shape index (κ2) is 21.2. The van der Waals surface area contributed by atoms with E-state index in [0.29, 0.717) is 17.8 Å². The summed E-state index contributed by atoms with van der Waals surface area (Å²) in [5.74, 6) is 3.48. The third kappa shape index (κ3) is 12.8. The molecule has 5 rings (SSSR count). The first-order valence-electron chi connectivity index (χ1n) is 19.5. The molecule has 3 aromatic rings. The van der Waals surface area contributed by atoms with Crippen molar-refractivity contribution in [2.45, 2.75) is 167 Å². The molecule has 2 fully saturated rings. The molecule has 0 bridgehead atoms. The Balaban J connectivity index is 0.000000539. The predicted octanol–water partition coefficient (Wildman–Crippen LogP) is 15.0. The fourth-order valence-electron chi connectivity index (χ4n) is 7.84. The van der Waals surface area contributed by atoms with E-state index in [1.165, 1.54) is 109 Å². The van der Waals surface area contributed by atoms with Crippen LogP contribution in [0.2, 0.25) is 0 Å². The Morgan fingerprint density at radius 1 is 0.698 bits per heavy atom. The van der Waals surface area contributed by atoms with Gasteiger partial charge in [0.15, 0.2) is 0 Å². The molecule has 2 nitrogen and oxygen atoms in total. The van der Waals surface area contributed by atoms with Gasteiger partial charge in [0.2, 0.25) is 0 Å². The van der Waals surface area contributed by atoms with E-state index >= 15 is 0 Å². The van der Waals surface area contributed by atoms with Gasteiger partial charge in [0.25, 0.3) is 0 Å². The Morgan fingerprint density at radius 2 is 1.15 bits per heavy atom. The van der Waals surface area contributed by atoms with E-state index in [2.05, 4.69) is 123 Å². The molecule has 298 valence electrons. The van der Waals surface area contributed by atoms with E-state index in [0.717, 1.165) is 34.9 Å². The average Bonchev–Trinajstić information content (AvgIpc) is 3.13. The van der Waals surface area contributed by atoms with E-state index < -0.39 is 19.7 Å². The molecule has 0 spiro atoms. The quantitative estimate of drug-likeness (QED) is 0.121. The van der Waals surface area contributed by atoms with Gasteiger partial charge in [0, 0.05) is 10.9 Å². The molecule has 0 amide bonds. The molecular formula is C45H63BrF3O2PPd. The van der Waals surface area contributed by atoms with Gasteiger partial charge < -0.3 is 9.47 Å². The molecule has 0 N–H and O–H groups in total. The van der Waals surface area contributed by atoms with E-state index in [1.54, 1.807) is 0 Å². The second-order valence-electron chi connectivity index (χ2n) is 16.5. The molecule has 0 aromatic heterocycles. The average molecular weight is 910 g/mol. The SMILES string of the molecule is COc1ccc(OC(C)(C)C)c(P(C2CCCCC2)C2CCCCC2)c1-c1c(C(C)C)cc(C(C)C)cc1C(C)C.FC(F)(F)c1cc[c-]cc1.[Br][Pd+]. The Kier molecular flexibility index (Phi) is 18.4. The summed E-state index contributed by atoms with van der Waals surface area (Å²) in [4.78, 5) is 0. The Labute approximate surface area is 338 Å². The van der Waals surface area contributed by atoms with Gasteiger partial charge in [-0.3, -0.25) is 0 Å². The molecule has 8 heteroatoms. The molecule has 0 aliphatic heterocycles. The maximum absolute atomic E-state index is 11.8. The van der Waals surface area contributed by atoms with Gasteiger partial charge in [-0.1, -0.05) is 106 Å². The van der Waals surface area contributed by atoms with Gasteiger partial charge in [0.1, 0.15) is 17.1 Å². The fourth-order valence-corrected chi connectivity index (χ4v) is 11.9. The first-order chi connectivity index (χ1) is 25.0. The van der Waals surface area contributed by atoms with Crippen molar-refractivity contribution in [1.82, 2.24) is 0 Å². The van der Waals surface area contributed by atoms with Crippen LogP contribution in [0.25, 0.3) is 11.1 Å². The molecule has 0 saturated heterocycles. The van der Waals surface area contributed by atoms with E-state index in [9.17, 15) is 13.2 Å². The molecule has 53 heavy (non-hydrogen) atoms. The number of benzene rings is 3. The van der Waals surface area contributed by atoms with Crippen molar-refractivity contribution in [2.24, 2.45) is 0 Å². The van der Waals surface area contributed by atoms with Gasteiger partial charge in [-0.15, -0.1) is 0 Å². The van der Waals surface area contributed by atoms with Crippen LogP contribution in [-0.2, 0) is 23.4 Å². The van der Waals surface area contributed by atoms with E-state index in [4.69, 9.17) is 9.47 Å². The number of hydrogen-bond donors (Lipinski definition) is 0. The number of ether oxygens (including phenoxy) is 2. The van der Waals surface area contributed by atoms with Crippen LogP contribution >= 0.6 is 21.4 Å². The van der Waals surface area contributed by atoms with Crippen molar-refractivity contribution < 1.29 is 39.8 Å². The van der Waals surface area contributed by atoms with Crippen LogP contribution in [0.4, 0.5) is 13.2 Å². The molecule has 0 unspecified atom stereocenters. The Hall–Kier alpha value is -1.38. The first kappa shape index (κ1) is 46.0. The molecule has 2 aliphatic carbocycles. The van der Waals surface area contributed by atoms with Gasteiger partial charge >= 0.3 is 36.8 Å². The summed E-state index contributed by atoms with van der Waals surface area (Å²) in [5.41, 5.74) is 7.83. The normalized spacial score (nSPS) is 16.0. The Bertz CT molecular complexity index is 1490. The van der Waals surface area contributed by atoms with E-state index in [-0.39, 0.29) is 5.60 Å². The zero-order valence-electron chi connectivity index (χ0n) is 33.7. The number of rotatable bonds is 9. The van der Waals surface area contributed by atoms with Crippen LogP contribution in [0.3, 0.4) is 0 Å². The number of hydrogen-bond acceptors (Lipinski definition) is 2. The van der Waals surface area contributed by atoms with Gasteiger partial charge in [-0.05, 0) is 110 Å². The minimum atomic E-state index is -4.23. The van der Waals surface area contributed by atoms with Crippen LogP contribution < -0.4 is 14.8 Å². The van der Waals surface area contributed by atoms with Crippen molar-refractivity contribution in [3.05, 3.63) is 76.9 Å². The number of alkyl halides is 3. The zero-order chi connectivity index (χ0) is 39.5. The molecule has 0 atom stereocenters. The van der Waals surface area contributed by atoms with Gasteiger partial charge in [-0.25, -0.2) is 0 Å². The third-order valence-corrected chi connectivity index (χ3v) is 13.9. The third-order valence-electron chi connectivity index (χ3n) is 10.4. The summed E-state index contributed by atoms with van der Waals surface area (Å²) in [6, 6.07) is 16.5. The van der Waals surface area contributed by atoms with Crippen molar-refractivity contribution in [3.8, 4) is 22.6 Å². The minimum absolute atomic E-state index is 0.260. The second-order valence-corrected chi connectivity index (χ2v) is 19.2. The molecule has 0 heterocycles. The van der Waals surface area contributed by atoms with Crippen LogP contribution in [0, 0.1) is 6.07 Å². The standard InChI is InChI=1S/C38H59O2P.C7H4F3.BrH.Pd/c1-25(2)28-23-31(26(3)4)35(32(24-28)27(5)6)36-33(39-10)21-22-34(40-38(7,8)9)37(36)41(29-17-13-11-14-18-29)30-19-15-12-16-20-30;8-7(9,10)6-4-2-1-3-5-6;;/h21-27,29-30H,11-20H2,1-10H3;2-5H;1H;/q;-1;;+2/p-1. The van der Waals surface area contributed by atoms with Gasteiger partial charge in [-0.2, -0.15) is 43.5 Å². The van der Waals surface area contributed by atoms with Crippen molar-refractivity contribution in [2.75, 3.05) is 7.11 Å². The maximum atomic E-state index is 11.8. The summed E-state index contributed by atoms with van der Waals surface area (Å²) in [6.07, 6.45) is 9.55.